The molecule has 0 heterocycles. The standard InChI is InChI=1S/C14H20O3/c1-3-7-14(17)9-6-11-10(12(15)16)5-4-8-13(11,14)2/h3,17H,1,4-9H2,2H3,(H,15,16)/t13-,14-/m0/s1. The predicted octanol–water partition coefficient (Wildman–Crippen LogP) is 2.66. The van der Waals surface area contributed by atoms with Gasteiger partial charge >= 0.3 is 5.97 Å². The number of carbonyl (C=O) groups is 1. The molecule has 0 saturated heterocycles. The minimum atomic E-state index is -0.811. The van der Waals surface area contributed by atoms with E-state index in [0.29, 0.717) is 31.3 Å². The van der Waals surface area contributed by atoms with E-state index >= 15 is 0 Å². The van der Waals surface area contributed by atoms with Crippen molar-refractivity contribution >= 4 is 5.97 Å². The molecule has 0 radical (unpaired) electrons. The van der Waals surface area contributed by atoms with Gasteiger partial charge in [0.05, 0.1) is 5.60 Å². The second-order valence-corrected chi connectivity index (χ2v) is 5.47. The van der Waals surface area contributed by atoms with Crippen LogP contribution in [0.1, 0.15) is 45.4 Å². The second kappa shape index (κ2) is 3.98. The van der Waals surface area contributed by atoms with Gasteiger partial charge in [-0.1, -0.05) is 18.6 Å². The fraction of sp³-hybridized carbons (Fsp3) is 0.643. The van der Waals surface area contributed by atoms with Gasteiger partial charge in [0, 0.05) is 11.0 Å². The SMILES string of the molecule is C=CC[C@]1(O)CCC2=C(C(=O)O)CCC[C@@]21C. The van der Waals surface area contributed by atoms with Gasteiger partial charge in [-0.25, -0.2) is 4.79 Å². The van der Waals surface area contributed by atoms with Crippen LogP contribution in [0.25, 0.3) is 0 Å². The molecule has 0 aromatic carbocycles. The van der Waals surface area contributed by atoms with Crippen molar-refractivity contribution in [2.45, 2.75) is 51.0 Å². The summed E-state index contributed by atoms with van der Waals surface area (Å²) < 4.78 is 0. The maximum Gasteiger partial charge on any atom is 0.331 e. The summed E-state index contributed by atoms with van der Waals surface area (Å²) in [5.74, 6) is -0.811. The van der Waals surface area contributed by atoms with Gasteiger partial charge in [0.2, 0.25) is 0 Å². The Kier molecular flexibility index (Phi) is 2.90. The van der Waals surface area contributed by atoms with Crippen molar-refractivity contribution in [2.75, 3.05) is 0 Å². The van der Waals surface area contributed by atoms with Crippen molar-refractivity contribution in [3.05, 3.63) is 23.8 Å². The average molecular weight is 236 g/mol. The van der Waals surface area contributed by atoms with Crippen LogP contribution in [0.4, 0.5) is 0 Å². The minimum absolute atomic E-state index is 0.368. The second-order valence-electron chi connectivity index (χ2n) is 5.47. The van der Waals surface area contributed by atoms with Gasteiger partial charge in [-0.05, 0) is 38.5 Å². The number of fused-ring (bicyclic) bond motifs is 1. The van der Waals surface area contributed by atoms with Crippen molar-refractivity contribution in [2.24, 2.45) is 5.41 Å². The van der Waals surface area contributed by atoms with Gasteiger partial charge in [-0.3, -0.25) is 0 Å². The van der Waals surface area contributed by atoms with E-state index in [1.807, 2.05) is 6.92 Å². The Bertz CT molecular complexity index is 396. The first kappa shape index (κ1) is 12.4. The quantitative estimate of drug-likeness (QED) is 0.741. The van der Waals surface area contributed by atoms with Crippen LogP contribution in [0.2, 0.25) is 0 Å². The molecule has 94 valence electrons. The maximum atomic E-state index is 11.2. The van der Waals surface area contributed by atoms with E-state index in [2.05, 4.69) is 6.58 Å². The molecule has 17 heavy (non-hydrogen) atoms. The van der Waals surface area contributed by atoms with Gasteiger partial charge in [-0.2, -0.15) is 0 Å². The molecular formula is C14H20O3. The lowest BCUT2D eigenvalue weighted by atomic mass is 9.65. The molecule has 1 fully saturated rings. The number of aliphatic carboxylic acids is 1. The first-order chi connectivity index (χ1) is 7.94. The maximum absolute atomic E-state index is 11.2. The molecule has 0 amide bonds. The van der Waals surface area contributed by atoms with Crippen LogP contribution in [-0.4, -0.2) is 21.8 Å². The third-order valence-corrected chi connectivity index (χ3v) is 4.69. The van der Waals surface area contributed by atoms with Crippen LogP contribution in [0.15, 0.2) is 23.8 Å². The van der Waals surface area contributed by atoms with Gasteiger partial charge in [0.1, 0.15) is 0 Å². The van der Waals surface area contributed by atoms with Crippen molar-refractivity contribution in [3.8, 4) is 0 Å². The molecule has 0 spiro atoms. The number of carboxylic acid groups (broad SMARTS) is 1. The zero-order chi connectivity index (χ0) is 12.7. The molecule has 1 saturated carbocycles. The van der Waals surface area contributed by atoms with Gasteiger partial charge in [0.15, 0.2) is 0 Å². The smallest absolute Gasteiger partial charge is 0.331 e. The van der Waals surface area contributed by atoms with Crippen LogP contribution in [0, 0.1) is 5.41 Å². The monoisotopic (exact) mass is 236 g/mol. The number of hydrogen-bond donors (Lipinski definition) is 2. The Morgan fingerprint density at radius 2 is 2.18 bits per heavy atom. The Hall–Kier alpha value is -1.09. The van der Waals surface area contributed by atoms with Gasteiger partial charge < -0.3 is 10.2 Å². The number of hydrogen-bond acceptors (Lipinski definition) is 2. The molecule has 3 nitrogen and oxygen atoms in total. The molecule has 2 N–H and O–H groups in total. The van der Waals surface area contributed by atoms with E-state index in [1.165, 1.54) is 0 Å². The highest BCUT2D eigenvalue weighted by Crippen LogP contribution is 2.58. The lowest BCUT2D eigenvalue weighted by Gasteiger charge is -2.43. The molecule has 2 aliphatic rings. The highest BCUT2D eigenvalue weighted by Gasteiger charge is 2.54. The summed E-state index contributed by atoms with van der Waals surface area (Å²) in [6.45, 7) is 5.71. The summed E-state index contributed by atoms with van der Waals surface area (Å²) in [5, 5.41) is 20.0. The topological polar surface area (TPSA) is 57.5 Å². The highest BCUT2D eigenvalue weighted by atomic mass is 16.4. The molecule has 3 heteroatoms. The largest absolute Gasteiger partial charge is 0.478 e. The Morgan fingerprint density at radius 3 is 2.76 bits per heavy atom. The summed E-state index contributed by atoms with van der Waals surface area (Å²) in [5.41, 5.74) is 0.345. The molecule has 2 aliphatic carbocycles. The van der Waals surface area contributed by atoms with Crippen LogP contribution in [-0.2, 0) is 4.79 Å². The van der Waals surface area contributed by atoms with Crippen molar-refractivity contribution in [1.29, 1.82) is 0 Å². The van der Waals surface area contributed by atoms with Crippen LogP contribution in [0.5, 0.6) is 0 Å². The lowest BCUT2D eigenvalue weighted by molar-refractivity contribution is -0.133. The van der Waals surface area contributed by atoms with E-state index in [4.69, 9.17) is 0 Å². The third kappa shape index (κ3) is 1.64. The first-order valence-corrected chi connectivity index (χ1v) is 6.24. The van der Waals surface area contributed by atoms with E-state index in [0.717, 1.165) is 18.4 Å². The average Bonchev–Trinajstić information content (AvgIpc) is 2.52. The fourth-order valence-electron chi connectivity index (χ4n) is 3.60. The fourth-order valence-corrected chi connectivity index (χ4v) is 3.60. The van der Waals surface area contributed by atoms with Crippen molar-refractivity contribution < 1.29 is 15.0 Å². The first-order valence-electron chi connectivity index (χ1n) is 6.24. The van der Waals surface area contributed by atoms with E-state index in [1.54, 1.807) is 6.08 Å². The summed E-state index contributed by atoms with van der Waals surface area (Å²) in [7, 11) is 0. The van der Waals surface area contributed by atoms with E-state index in [-0.39, 0.29) is 5.41 Å². The Balaban J connectivity index is 2.48. The van der Waals surface area contributed by atoms with Gasteiger partial charge in [-0.15, -0.1) is 6.58 Å². The predicted molar refractivity (Wildman–Crippen MR) is 65.6 cm³/mol. The Labute approximate surface area is 102 Å². The summed E-state index contributed by atoms with van der Waals surface area (Å²) in [6, 6.07) is 0. The molecule has 0 unspecified atom stereocenters. The summed E-state index contributed by atoms with van der Waals surface area (Å²) in [6.07, 6.45) is 6.02. The molecule has 0 aliphatic heterocycles. The van der Waals surface area contributed by atoms with Gasteiger partial charge in [0.25, 0.3) is 0 Å². The highest BCUT2D eigenvalue weighted by molar-refractivity contribution is 5.88. The molecule has 2 atom stereocenters. The number of rotatable bonds is 3. The summed E-state index contributed by atoms with van der Waals surface area (Å²) in [4.78, 5) is 11.2. The summed E-state index contributed by atoms with van der Waals surface area (Å²) >= 11 is 0. The normalized spacial score (nSPS) is 36.8. The molecule has 0 aromatic heterocycles. The molecule has 0 aromatic rings. The molecular weight excluding hydrogens is 216 g/mol. The zero-order valence-electron chi connectivity index (χ0n) is 10.3. The Morgan fingerprint density at radius 1 is 1.47 bits per heavy atom. The third-order valence-electron chi connectivity index (χ3n) is 4.69. The van der Waals surface area contributed by atoms with E-state index < -0.39 is 11.6 Å². The van der Waals surface area contributed by atoms with Crippen molar-refractivity contribution in [1.82, 2.24) is 0 Å². The lowest BCUT2D eigenvalue weighted by Crippen LogP contribution is -2.44. The van der Waals surface area contributed by atoms with Crippen molar-refractivity contribution in [3.63, 3.8) is 0 Å². The zero-order valence-corrected chi connectivity index (χ0v) is 10.3. The number of carboxylic acids is 1. The van der Waals surface area contributed by atoms with Crippen LogP contribution >= 0.6 is 0 Å². The molecule has 0 bridgehead atoms. The van der Waals surface area contributed by atoms with E-state index in [9.17, 15) is 15.0 Å². The number of aliphatic hydroxyl groups is 1. The molecule has 2 rings (SSSR count). The van der Waals surface area contributed by atoms with Crippen LogP contribution in [0.3, 0.4) is 0 Å². The van der Waals surface area contributed by atoms with Crippen LogP contribution < -0.4 is 0 Å². The minimum Gasteiger partial charge on any atom is -0.478 e.